The van der Waals surface area contributed by atoms with Crippen LogP contribution in [0.3, 0.4) is 0 Å². The molecule has 5 atom stereocenters. The molecule has 3 heteroatoms. The van der Waals surface area contributed by atoms with Crippen molar-refractivity contribution in [3.8, 4) is 17.2 Å². The van der Waals surface area contributed by atoms with Crippen molar-refractivity contribution >= 4 is 0 Å². The fourth-order valence-corrected chi connectivity index (χ4v) is 7.58. The summed E-state index contributed by atoms with van der Waals surface area (Å²) in [6.07, 6.45) is 11.6. The van der Waals surface area contributed by atoms with Crippen molar-refractivity contribution in [1.29, 1.82) is 0 Å². The summed E-state index contributed by atoms with van der Waals surface area (Å²) in [5.74, 6) is 1.98. The van der Waals surface area contributed by atoms with Crippen molar-refractivity contribution in [3.63, 3.8) is 0 Å². The van der Waals surface area contributed by atoms with Crippen molar-refractivity contribution < 1.29 is 14.9 Å². The van der Waals surface area contributed by atoms with Crippen LogP contribution in [0.15, 0.2) is 12.1 Å². The van der Waals surface area contributed by atoms with Gasteiger partial charge >= 0.3 is 0 Å². The largest absolute Gasteiger partial charge is 0.508 e. The third kappa shape index (κ3) is 2.83. The Balaban J connectivity index is 1.71. The fraction of sp³-hybridized carbons (Fsp3) is 0.760. The second kappa shape index (κ2) is 6.85. The Bertz CT molecular complexity index is 744. The lowest BCUT2D eigenvalue weighted by Gasteiger charge is -2.64. The van der Waals surface area contributed by atoms with Gasteiger partial charge in [0.1, 0.15) is 5.75 Å². The third-order valence-corrected chi connectivity index (χ3v) is 9.03. The van der Waals surface area contributed by atoms with Gasteiger partial charge in [-0.05, 0) is 54.9 Å². The Morgan fingerprint density at radius 2 is 1.82 bits per heavy atom. The van der Waals surface area contributed by atoms with Gasteiger partial charge in [-0.25, -0.2) is 0 Å². The van der Waals surface area contributed by atoms with Crippen LogP contribution in [0.25, 0.3) is 0 Å². The molecule has 3 nitrogen and oxygen atoms in total. The highest BCUT2D eigenvalue weighted by Gasteiger charge is 2.61. The summed E-state index contributed by atoms with van der Waals surface area (Å²) >= 11 is 0. The number of rotatable bonds is 4. The van der Waals surface area contributed by atoms with Gasteiger partial charge in [-0.3, -0.25) is 0 Å². The maximum absolute atomic E-state index is 10.4. The quantitative estimate of drug-likeness (QED) is 0.577. The summed E-state index contributed by atoms with van der Waals surface area (Å²) in [7, 11) is 0. The standard InChI is InChI=1S/C25H38O3/c1-5-6-7-10-23(2)11-8-12-25(4)20(23)9-13-24(3)18-14-17(26)15-19(27)22(18)28-16-21(24)25/h14-15,20-21,26-27H,5-13,16H2,1-4H3. The van der Waals surface area contributed by atoms with Crippen LogP contribution in [-0.2, 0) is 5.41 Å². The Labute approximate surface area is 170 Å². The third-order valence-electron chi connectivity index (χ3n) is 9.03. The second-order valence-electron chi connectivity index (χ2n) is 10.7. The zero-order valence-electron chi connectivity index (χ0n) is 18.2. The molecule has 156 valence electrons. The monoisotopic (exact) mass is 386 g/mol. The smallest absolute Gasteiger partial charge is 0.164 e. The predicted octanol–water partition coefficient (Wildman–Crippen LogP) is 6.55. The number of hydrogen-bond donors (Lipinski definition) is 2. The van der Waals surface area contributed by atoms with Crippen LogP contribution in [0.5, 0.6) is 17.2 Å². The van der Waals surface area contributed by atoms with Gasteiger partial charge in [0, 0.05) is 23.0 Å². The SMILES string of the molecule is CCCCCC1(C)CCCC2(C)C1CCC1(C)c3cc(O)cc(O)c3OCC12. The first-order chi connectivity index (χ1) is 13.2. The number of aromatic hydroxyl groups is 2. The highest BCUT2D eigenvalue weighted by Crippen LogP contribution is 2.67. The van der Waals surface area contributed by atoms with E-state index in [0.717, 1.165) is 17.9 Å². The summed E-state index contributed by atoms with van der Waals surface area (Å²) < 4.78 is 6.16. The molecule has 2 saturated carbocycles. The van der Waals surface area contributed by atoms with Gasteiger partial charge in [0.25, 0.3) is 0 Å². The van der Waals surface area contributed by atoms with Crippen LogP contribution in [0, 0.1) is 22.7 Å². The van der Waals surface area contributed by atoms with Gasteiger partial charge in [-0.2, -0.15) is 0 Å². The van der Waals surface area contributed by atoms with E-state index in [4.69, 9.17) is 4.74 Å². The number of hydrogen-bond acceptors (Lipinski definition) is 3. The zero-order valence-corrected chi connectivity index (χ0v) is 18.2. The van der Waals surface area contributed by atoms with Crippen LogP contribution >= 0.6 is 0 Å². The summed E-state index contributed by atoms with van der Waals surface area (Å²) in [6, 6.07) is 3.25. The van der Waals surface area contributed by atoms with Gasteiger partial charge in [0.05, 0.1) is 6.61 Å². The molecule has 0 saturated heterocycles. The van der Waals surface area contributed by atoms with Crippen molar-refractivity contribution in [2.24, 2.45) is 22.7 Å². The highest BCUT2D eigenvalue weighted by molar-refractivity contribution is 5.55. The van der Waals surface area contributed by atoms with E-state index in [1.807, 2.05) is 6.07 Å². The number of phenolic OH excluding ortho intramolecular Hbond substituents is 2. The van der Waals surface area contributed by atoms with Crippen molar-refractivity contribution in [3.05, 3.63) is 17.7 Å². The Morgan fingerprint density at radius 3 is 2.57 bits per heavy atom. The van der Waals surface area contributed by atoms with Crippen LogP contribution < -0.4 is 4.74 Å². The molecule has 2 fully saturated rings. The molecular weight excluding hydrogens is 348 g/mol. The lowest BCUT2D eigenvalue weighted by atomic mass is 9.41. The Kier molecular flexibility index (Phi) is 4.87. The molecule has 2 N–H and O–H groups in total. The van der Waals surface area contributed by atoms with E-state index in [2.05, 4.69) is 27.7 Å². The number of benzene rings is 1. The zero-order chi connectivity index (χ0) is 20.2. The fourth-order valence-electron chi connectivity index (χ4n) is 7.58. The van der Waals surface area contributed by atoms with Crippen LogP contribution in [0.1, 0.15) is 91.0 Å². The number of fused-ring (bicyclic) bond motifs is 5. The molecule has 0 spiro atoms. The summed E-state index contributed by atoms with van der Waals surface area (Å²) in [5.41, 5.74) is 1.66. The molecule has 0 radical (unpaired) electrons. The molecule has 4 rings (SSSR count). The minimum absolute atomic E-state index is 0.0449. The van der Waals surface area contributed by atoms with Crippen LogP contribution in [-0.4, -0.2) is 16.8 Å². The second-order valence-corrected chi connectivity index (χ2v) is 10.7. The van der Waals surface area contributed by atoms with E-state index in [0.29, 0.717) is 23.7 Å². The molecule has 2 aliphatic carbocycles. The molecule has 5 unspecified atom stereocenters. The molecular formula is C25H38O3. The van der Waals surface area contributed by atoms with Gasteiger partial charge in [0.15, 0.2) is 11.5 Å². The van der Waals surface area contributed by atoms with Crippen molar-refractivity contribution in [2.75, 3.05) is 6.61 Å². The normalized spacial score (nSPS) is 39.4. The molecule has 1 aromatic carbocycles. The molecule has 1 aliphatic heterocycles. The lowest BCUT2D eigenvalue weighted by molar-refractivity contribution is -0.132. The van der Waals surface area contributed by atoms with E-state index in [1.54, 1.807) is 0 Å². The summed E-state index contributed by atoms with van der Waals surface area (Å²) in [4.78, 5) is 0. The van der Waals surface area contributed by atoms with Crippen molar-refractivity contribution in [2.45, 2.75) is 90.9 Å². The van der Waals surface area contributed by atoms with E-state index < -0.39 is 0 Å². The predicted molar refractivity (Wildman–Crippen MR) is 113 cm³/mol. The van der Waals surface area contributed by atoms with Gasteiger partial charge in [-0.1, -0.05) is 53.4 Å². The maximum atomic E-state index is 10.4. The van der Waals surface area contributed by atoms with Crippen LogP contribution in [0.4, 0.5) is 0 Å². The van der Waals surface area contributed by atoms with E-state index in [9.17, 15) is 10.2 Å². The van der Waals surface area contributed by atoms with Gasteiger partial charge in [0.2, 0.25) is 0 Å². The average Bonchev–Trinajstić information content (AvgIpc) is 2.62. The van der Waals surface area contributed by atoms with E-state index in [1.165, 1.54) is 57.4 Å². The minimum atomic E-state index is -0.0449. The summed E-state index contributed by atoms with van der Waals surface area (Å²) in [6.45, 7) is 10.4. The Morgan fingerprint density at radius 1 is 1.04 bits per heavy atom. The Hall–Kier alpha value is -1.38. The number of ether oxygens (including phenoxy) is 1. The number of phenols is 2. The maximum Gasteiger partial charge on any atom is 0.164 e. The average molecular weight is 387 g/mol. The lowest BCUT2D eigenvalue weighted by Crippen LogP contribution is -2.59. The first kappa shape index (κ1) is 19.9. The highest BCUT2D eigenvalue weighted by atomic mass is 16.5. The molecule has 28 heavy (non-hydrogen) atoms. The first-order valence-corrected chi connectivity index (χ1v) is 11.4. The molecule has 1 heterocycles. The molecule has 0 amide bonds. The van der Waals surface area contributed by atoms with Crippen LogP contribution in [0.2, 0.25) is 0 Å². The van der Waals surface area contributed by atoms with Crippen molar-refractivity contribution in [1.82, 2.24) is 0 Å². The minimum Gasteiger partial charge on any atom is -0.508 e. The van der Waals surface area contributed by atoms with E-state index in [-0.39, 0.29) is 22.3 Å². The molecule has 0 bridgehead atoms. The first-order valence-electron chi connectivity index (χ1n) is 11.4. The summed E-state index contributed by atoms with van der Waals surface area (Å²) in [5, 5.41) is 20.5. The number of unbranched alkanes of at least 4 members (excludes halogenated alkanes) is 2. The molecule has 3 aliphatic rings. The van der Waals surface area contributed by atoms with Gasteiger partial charge in [-0.15, -0.1) is 0 Å². The molecule has 0 aromatic heterocycles. The van der Waals surface area contributed by atoms with Gasteiger partial charge < -0.3 is 14.9 Å². The van der Waals surface area contributed by atoms with E-state index >= 15 is 0 Å². The topological polar surface area (TPSA) is 49.7 Å². The molecule has 1 aromatic rings.